The van der Waals surface area contributed by atoms with Crippen LogP contribution in [0.25, 0.3) is 0 Å². The minimum absolute atomic E-state index is 0.321. The van der Waals surface area contributed by atoms with Crippen LogP contribution in [0.15, 0.2) is 0 Å². The predicted octanol–water partition coefficient (Wildman–Crippen LogP) is 4.31. The number of unbranched alkanes of at least 4 members (excludes halogenated alkanes) is 3. The van der Waals surface area contributed by atoms with Crippen molar-refractivity contribution in [2.24, 2.45) is 0 Å². The average Bonchev–Trinajstić information content (AvgIpc) is 2.10. The van der Waals surface area contributed by atoms with Gasteiger partial charge in [-0.25, -0.2) is 0 Å². The van der Waals surface area contributed by atoms with Gasteiger partial charge in [0.05, 0.1) is 0 Å². The summed E-state index contributed by atoms with van der Waals surface area (Å²) in [5, 5.41) is 8.76. The van der Waals surface area contributed by atoms with E-state index in [9.17, 15) is 0 Å². The first-order valence-electron chi connectivity index (χ1n) is 7.49. The normalized spacial score (nSPS) is 13.9. The molecule has 0 atom stereocenters. The molecular formula is C13H34O3Si3. The van der Waals surface area contributed by atoms with E-state index in [1.54, 1.807) is 0 Å². The van der Waals surface area contributed by atoms with E-state index >= 15 is 0 Å². The molecule has 0 aliphatic heterocycles. The number of aliphatic hydroxyl groups excluding tert-OH is 1. The zero-order chi connectivity index (χ0) is 15.2. The van der Waals surface area contributed by atoms with Crippen LogP contribution in [0, 0.1) is 0 Å². The first-order chi connectivity index (χ1) is 8.47. The zero-order valence-electron chi connectivity index (χ0n) is 14.0. The fraction of sp³-hybridized carbons (Fsp3) is 1.00. The number of aliphatic hydroxyl groups is 1. The third-order valence-electron chi connectivity index (χ3n) is 2.76. The quantitative estimate of drug-likeness (QED) is 0.481. The molecule has 0 saturated carbocycles. The second-order valence-corrected chi connectivity index (χ2v) is 20.0. The highest BCUT2D eigenvalue weighted by atomic mass is 28.5. The van der Waals surface area contributed by atoms with Crippen molar-refractivity contribution in [1.82, 2.24) is 0 Å². The molecule has 0 aliphatic rings. The highest BCUT2D eigenvalue weighted by Crippen LogP contribution is 2.24. The standard InChI is InChI=1S/C13H34O3Si3/c1-17(2,3)15-19(6,7)16-18(4,5)13-11-9-8-10-12-14/h14H,8-13H2,1-7H3. The summed E-state index contributed by atoms with van der Waals surface area (Å²) in [6.07, 6.45) is 4.49. The lowest BCUT2D eigenvalue weighted by Crippen LogP contribution is -2.51. The Hall–Kier alpha value is 0.531. The van der Waals surface area contributed by atoms with Crippen LogP contribution >= 0.6 is 0 Å². The molecule has 0 aromatic carbocycles. The van der Waals surface area contributed by atoms with Gasteiger partial charge in [0, 0.05) is 6.61 Å². The molecule has 116 valence electrons. The van der Waals surface area contributed by atoms with E-state index in [0.29, 0.717) is 6.61 Å². The fourth-order valence-electron chi connectivity index (χ4n) is 2.49. The van der Waals surface area contributed by atoms with Crippen LogP contribution in [-0.4, -0.2) is 36.9 Å². The maximum absolute atomic E-state index is 8.76. The summed E-state index contributed by atoms with van der Waals surface area (Å²) < 4.78 is 12.7. The monoisotopic (exact) mass is 322 g/mol. The van der Waals surface area contributed by atoms with Crippen molar-refractivity contribution in [3.05, 3.63) is 0 Å². The Bertz CT molecular complexity index is 250. The SMILES string of the molecule is C[Si](C)(C)O[Si](C)(C)O[Si](C)(C)CCCCCCO. The van der Waals surface area contributed by atoms with E-state index in [-0.39, 0.29) is 0 Å². The molecule has 19 heavy (non-hydrogen) atoms. The molecular weight excluding hydrogens is 288 g/mol. The van der Waals surface area contributed by atoms with E-state index in [1.165, 1.54) is 18.9 Å². The van der Waals surface area contributed by atoms with Crippen LogP contribution in [0.5, 0.6) is 0 Å². The van der Waals surface area contributed by atoms with E-state index in [4.69, 9.17) is 13.3 Å². The maximum atomic E-state index is 8.76. The molecule has 0 bridgehead atoms. The molecule has 0 aromatic heterocycles. The summed E-state index contributed by atoms with van der Waals surface area (Å²) in [6, 6.07) is 1.20. The Balaban J connectivity index is 4.12. The number of hydrogen-bond donors (Lipinski definition) is 1. The first-order valence-corrected chi connectivity index (χ1v) is 16.8. The molecule has 0 rings (SSSR count). The van der Waals surface area contributed by atoms with E-state index in [0.717, 1.165) is 12.8 Å². The molecule has 1 N–H and O–H groups in total. The van der Waals surface area contributed by atoms with Crippen molar-refractivity contribution >= 4 is 25.2 Å². The summed E-state index contributed by atoms with van der Waals surface area (Å²) >= 11 is 0. The van der Waals surface area contributed by atoms with Crippen molar-refractivity contribution in [3.63, 3.8) is 0 Å². The van der Waals surface area contributed by atoms with Gasteiger partial charge < -0.3 is 13.3 Å². The van der Waals surface area contributed by atoms with Gasteiger partial charge in [-0.15, -0.1) is 0 Å². The van der Waals surface area contributed by atoms with Crippen LogP contribution in [0.2, 0.25) is 51.9 Å². The molecule has 0 aromatic rings. The second kappa shape index (κ2) is 8.09. The van der Waals surface area contributed by atoms with Crippen molar-refractivity contribution in [3.8, 4) is 0 Å². The van der Waals surface area contributed by atoms with Crippen LogP contribution in [0.4, 0.5) is 0 Å². The summed E-state index contributed by atoms with van der Waals surface area (Å²) in [7, 11) is -5.08. The number of hydrogen-bond acceptors (Lipinski definition) is 3. The van der Waals surface area contributed by atoms with Crippen LogP contribution in [0.3, 0.4) is 0 Å². The Morgan fingerprint density at radius 2 is 1.26 bits per heavy atom. The van der Waals surface area contributed by atoms with Gasteiger partial charge in [-0.05, 0) is 58.3 Å². The first kappa shape index (κ1) is 19.5. The summed E-state index contributed by atoms with van der Waals surface area (Å²) in [4.78, 5) is 0. The van der Waals surface area contributed by atoms with Gasteiger partial charge in [0.25, 0.3) is 0 Å². The van der Waals surface area contributed by atoms with E-state index in [1.807, 2.05) is 0 Å². The van der Waals surface area contributed by atoms with Gasteiger partial charge in [0.1, 0.15) is 0 Å². The van der Waals surface area contributed by atoms with E-state index < -0.39 is 25.2 Å². The van der Waals surface area contributed by atoms with Crippen molar-refractivity contribution in [1.29, 1.82) is 0 Å². The zero-order valence-corrected chi connectivity index (χ0v) is 17.0. The van der Waals surface area contributed by atoms with E-state index in [2.05, 4.69) is 45.8 Å². The lowest BCUT2D eigenvalue weighted by Gasteiger charge is -2.37. The van der Waals surface area contributed by atoms with Gasteiger partial charge in [0.15, 0.2) is 16.6 Å². The lowest BCUT2D eigenvalue weighted by molar-refractivity contribution is 0.283. The van der Waals surface area contributed by atoms with Gasteiger partial charge in [-0.1, -0.05) is 19.3 Å². The molecule has 0 fully saturated rings. The van der Waals surface area contributed by atoms with Crippen LogP contribution in [-0.2, 0) is 8.23 Å². The highest BCUT2D eigenvalue weighted by Gasteiger charge is 2.37. The molecule has 0 aliphatic carbocycles. The van der Waals surface area contributed by atoms with Gasteiger partial charge >= 0.3 is 8.56 Å². The Labute approximate surface area is 123 Å². The lowest BCUT2D eigenvalue weighted by atomic mass is 10.2. The largest absolute Gasteiger partial charge is 0.437 e. The molecule has 0 amide bonds. The molecule has 0 radical (unpaired) electrons. The summed E-state index contributed by atoms with van der Waals surface area (Å²) in [5.74, 6) is 0. The van der Waals surface area contributed by atoms with Crippen molar-refractivity contribution in [2.75, 3.05) is 6.61 Å². The van der Waals surface area contributed by atoms with Crippen molar-refractivity contribution < 1.29 is 13.3 Å². The summed E-state index contributed by atoms with van der Waals surface area (Å²) in [5.41, 5.74) is 0. The number of rotatable bonds is 10. The maximum Gasteiger partial charge on any atom is 0.311 e. The third kappa shape index (κ3) is 12.0. The van der Waals surface area contributed by atoms with Gasteiger partial charge in [-0.3, -0.25) is 0 Å². The fourth-order valence-corrected chi connectivity index (χ4v) is 15.8. The Kier molecular flexibility index (Phi) is 8.32. The minimum atomic E-state index is -1.97. The molecule has 3 nitrogen and oxygen atoms in total. The molecule has 6 heteroatoms. The van der Waals surface area contributed by atoms with Gasteiger partial charge in [0.2, 0.25) is 0 Å². The van der Waals surface area contributed by atoms with Crippen molar-refractivity contribution in [2.45, 2.75) is 77.6 Å². The Morgan fingerprint density at radius 3 is 1.74 bits per heavy atom. The highest BCUT2D eigenvalue weighted by molar-refractivity contribution is 6.87. The topological polar surface area (TPSA) is 38.7 Å². The average molecular weight is 323 g/mol. The van der Waals surface area contributed by atoms with Crippen LogP contribution < -0.4 is 0 Å². The second-order valence-electron chi connectivity index (χ2n) is 7.36. The molecule has 0 unspecified atom stereocenters. The minimum Gasteiger partial charge on any atom is -0.437 e. The molecule has 0 spiro atoms. The molecule has 0 heterocycles. The molecule has 0 saturated heterocycles. The van der Waals surface area contributed by atoms with Gasteiger partial charge in [-0.2, -0.15) is 0 Å². The van der Waals surface area contributed by atoms with Crippen LogP contribution in [0.1, 0.15) is 25.7 Å². The Morgan fingerprint density at radius 1 is 0.737 bits per heavy atom. The predicted molar refractivity (Wildman–Crippen MR) is 90.8 cm³/mol. The smallest absolute Gasteiger partial charge is 0.311 e. The summed E-state index contributed by atoms with van der Waals surface area (Å²) in [6.45, 7) is 16.0. The third-order valence-corrected chi connectivity index (χ3v) is 12.9.